The van der Waals surface area contributed by atoms with Crippen LogP contribution in [0.1, 0.15) is 56.2 Å². The number of nitrogens with one attached hydrogen (secondary N) is 1. The van der Waals surface area contributed by atoms with Crippen LogP contribution in [0, 0.1) is 19.8 Å². The lowest BCUT2D eigenvalue weighted by Gasteiger charge is -2.40. The van der Waals surface area contributed by atoms with Crippen LogP contribution in [0.25, 0.3) is 0 Å². The van der Waals surface area contributed by atoms with Gasteiger partial charge in [-0.3, -0.25) is 4.79 Å². The number of carbonyl (C=O) groups excluding carboxylic acids is 1. The lowest BCUT2D eigenvalue weighted by molar-refractivity contribution is -0.123. The Morgan fingerprint density at radius 1 is 1.32 bits per heavy atom. The first-order chi connectivity index (χ1) is 10.4. The van der Waals surface area contributed by atoms with Gasteiger partial charge < -0.3 is 10.1 Å². The summed E-state index contributed by atoms with van der Waals surface area (Å²) in [5.41, 5.74) is 3.30. The largest absolute Gasteiger partial charge is 0.497 e. The van der Waals surface area contributed by atoms with Crippen molar-refractivity contribution in [1.29, 1.82) is 0 Å². The monoisotopic (exact) mass is 303 g/mol. The first kappa shape index (κ1) is 16.9. The Balaban J connectivity index is 2.09. The van der Waals surface area contributed by atoms with Gasteiger partial charge in [0.05, 0.1) is 13.5 Å². The van der Waals surface area contributed by atoms with E-state index in [2.05, 4.69) is 19.2 Å². The van der Waals surface area contributed by atoms with Gasteiger partial charge in [0, 0.05) is 5.54 Å². The summed E-state index contributed by atoms with van der Waals surface area (Å²) in [7, 11) is 1.67. The number of amides is 1. The zero-order chi connectivity index (χ0) is 16.3. The highest BCUT2D eigenvalue weighted by molar-refractivity contribution is 5.80. The predicted octanol–water partition coefficient (Wildman–Crippen LogP) is 3.94. The van der Waals surface area contributed by atoms with Crippen LogP contribution in [0.2, 0.25) is 0 Å². The van der Waals surface area contributed by atoms with E-state index in [0.29, 0.717) is 12.3 Å². The van der Waals surface area contributed by atoms with Crippen molar-refractivity contribution in [3.8, 4) is 5.75 Å². The second kappa shape index (κ2) is 6.72. The van der Waals surface area contributed by atoms with E-state index < -0.39 is 0 Å². The van der Waals surface area contributed by atoms with Crippen LogP contribution in [0.4, 0.5) is 0 Å². The maximum absolute atomic E-state index is 12.5. The minimum Gasteiger partial charge on any atom is -0.497 e. The lowest BCUT2D eigenvalue weighted by Crippen LogP contribution is -2.52. The van der Waals surface area contributed by atoms with Crippen molar-refractivity contribution in [2.24, 2.45) is 5.92 Å². The molecule has 2 unspecified atom stereocenters. The van der Waals surface area contributed by atoms with E-state index in [-0.39, 0.29) is 11.4 Å². The minimum absolute atomic E-state index is 0.0520. The zero-order valence-electron chi connectivity index (χ0n) is 14.6. The Morgan fingerprint density at radius 2 is 1.95 bits per heavy atom. The third-order valence-electron chi connectivity index (χ3n) is 5.34. The smallest absolute Gasteiger partial charge is 0.224 e. The molecule has 1 aliphatic rings. The highest BCUT2D eigenvalue weighted by Crippen LogP contribution is 2.33. The Morgan fingerprint density at radius 3 is 2.50 bits per heavy atom. The molecule has 1 N–H and O–H groups in total. The van der Waals surface area contributed by atoms with E-state index in [1.807, 2.05) is 26.0 Å². The average molecular weight is 303 g/mol. The van der Waals surface area contributed by atoms with Gasteiger partial charge in [-0.25, -0.2) is 0 Å². The van der Waals surface area contributed by atoms with E-state index in [0.717, 1.165) is 28.9 Å². The molecular formula is C19H29NO2. The first-order valence-corrected chi connectivity index (χ1v) is 8.31. The highest BCUT2D eigenvalue weighted by atomic mass is 16.5. The first-order valence-electron chi connectivity index (χ1n) is 8.31. The molecule has 0 bridgehead atoms. The van der Waals surface area contributed by atoms with E-state index in [1.54, 1.807) is 7.11 Å². The molecule has 122 valence electrons. The van der Waals surface area contributed by atoms with Gasteiger partial charge in [0.15, 0.2) is 0 Å². The standard InChI is InChI=1S/C19H29NO2/c1-13-10-16(22-5)11-14(2)17(13)12-18(21)20-19(4)9-7-6-8-15(19)3/h10-11,15H,6-9,12H2,1-5H3,(H,20,21). The predicted molar refractivity (Wildman–Crippen MR) is 90.4 cm³/mol. The van der Waals surface area contributed by atoms with Crippen molar-refractivity contribution in [1.82, 2.24) is 5.32 Å². The molecule has 0 aliphatic heterocycles. The molecule has 2 rings (SSSR count). The molecule has 2 atom stereocenters. The van der Waals surface area contributed by atoms with Crippen molar-refractivity contribution in [3.05, 3.63) is 28.8 Å². The van der Waals surface area contributed by atoms with Crippen LogP contribution in [-0.4, -0.2) is 18.6 Å². The van der Waals surface area contributed by atoms with Gasteiger partial charge in [-0.1, -0.05) is 19.8 Å². The number of ether oxygens (including phenoxy) is 1. The quantitative estimate of drug-likeness (QED) is 0.915. The molecule has 0 spiro atoms. The van der Waals surface area contributed by atoms with Crippen molar-refractivity contribution < 1.29 is 9.53 Å². The fourth-order valence-electron chi connectivity index (χ4n) is 3.57. The third kappa shape index (κ3) is 3.63. The summed E-state index contributed by atoms with van der Waals surface area (Å²) in [6, 6.07) is 4.00. The number of rotatable bonds is 4. The Hall–Kier alpha value is -1.51. The maximum Gasteiger partial charge on any atom is 0.224 e. The molecule has 22 heavy (non-hydrogen) atoms. The number of hydrogen-bond donors (Lipinski definition) is 1. The molecule has 1 aliphatic carbocycles. The molecule has 3 heteroatoms. The van der Waals surface area contributed by atoms with Crippen molar-refractivity contribution in [2.75, 3.05) is 7.11 Å². The fraction of sp³-hybridized carbons (Fsp3) is 0.632. The zero-order valence-corrected chi connectivity index (χ0v) is 14.6. The Labute approximate surface area is 134 Å². The number of aryl methyl sites for hydroxylation is 2. The number of carbonyl (C=O) groups is 1. The van der Waals surface area contributed by atoms with Crippen molar-refractivity contribution in [3.63, 3.8) is 0 Å². The summed E-state index contributed by atoms with van der Waals surface area (Å²) in [6.07, 6.45) is 5.23. The summed E-state index contributed by atoms with van der Waals surface area (Å²) in [6.45, 7) is 8.54. The van der Waals surface area contributed by atoms with Gasteiger partial charge in [-0.2, -0.15) is 0 Å². The second-order valence-corrected chi connectivity index (χ2v) is 7.03. The SMILES string of the molecule is COc1cc(C)c(CC(=O)NC2(C)CCCCC2C)c(C)c1. The summed E-state index contributed by atoms with van der Waals surface area (Å²) >= 11 is 0. The van der Waals surface area contributed by atoms with Crippen LogP contribution in [0.15, 0.2) is 12.1 Å². The molecule has 0 aromatic heterocycles. The molecule has 1 aromatic carbocycles. The van der Waals surface area contributed by atoms with Gasteiger partial charge in [-0.15, -0.1) is 0 Å². The number of methoxy groups -OCH3 is 1. The summed E-state index contributed by atoms with van der Waals surface area (Å²) in [5.74, 6) is 1.53. The summed E-state index contributed by atoms with van der Waals surface area (Å²) in [5, 5.41) is 3.31. The molecule has 1 aromatic rings. The normalized spacial score (nSPS) is 24.9. The van der Waals surface area contributed by atoms with E-state index >= 15 is 0 Å². The van der Waals surface area contributed by atoms with Crippen LogP contribution < -0.4 is 10.1 Å². The third-order valence-corrected chi connectivity index (χ3v) is 5.34. The average Bonchev–Trinajstić information content (AvgIpc) is 2.46. The molecule has 1 saturated carbocycles. The molecule has 0 saturated heterocycles. The van der Waals surface area contributed by atoms with Crippen molar-refractivity contribution >= 4 is 5.91 Å². The van der Waals surface area contributed by atoms with Gasteiger partial charge in [0.2, 0.25) is 5.91 Å². The highest BCUT2D eigenvalue weighted by Gasteiger charge is 2.34. The van der Waals surface area contributed by atoms with Crippen LogP contribution in [-0.2, 0) is 11.2 Å². The fourth-order valence-corrected chi connectivity index (χ4v) is 3.57. The molecule has 0 radical (unpaired) electrons. The second-order valence-electron chi connectivity index (χ2n) is 7.03. The molecule has 1 fully saturated rings. The topological polar surface area (TPSA) is 38.3 Å². The van der Waals surface area contributed by atoms with Gasteiger partial charge in [-0.05, 0) is 68.4 Å². The van der Waals surface area contributed by atoms with Crippen LogP contribution in [0.5, 0.6) is 5.75 Å². The van der Waals surface area contributed by atoms with Crippen molar-refractivity contribution in [2.45, 2.75) is 65.3 Å². The van der Waals surface area contributed by atoms with E-state index in [1.165, 1.54) is 19.3 Å². The maximum atomic E-state index is 12.5. The van der Waals surface area contributed by atoms with Gasteiger partial charge >= 0.3 is 0 Å². The van der Waals surface area contributed by atoms with Crippen LogP contribution in [0.3, 0.4) is 0 Å². The summed E-state index contributed by atoms with van der Waals surface area (Å²) in [4.78, 5) is 12.5. The van der Waals surface area contributed by atoms with Crippen LogP contribution >= 0.6 is 0 Å². The number of benzene rings is 1. The number of hydrogen-bond acceptors (Lipinski definition) is 2. The van der Waals surface area contributed by atoms with Gasteiger partial charge in [0.25, 0.3) is 0 Å². The molecular weight excluding hydrogens is 274 g/mol. The molecule has 0 heterocycles. The molecule has 1 amide bonds. The lowest BCUT2D eigenvalue weighted by atomic mass is 9.75. The minimum atomic E-state index is -0.0520. The molecule has 3 nitrogen and oxygen atoms in total. The van der Waals surface area contributed by atoms with Gasteiger partial charge in [0.1, 0.15) is 5.75 Å². The Kier molecular flexibility index (Phi) is 5.15. The Bertz CT molecular complexity index is 529. The summed E-state index contributed by atoms with van der Waals surface area (Å²) < 4.78 is 5.29. The van der Waals surface area contributed by atoms with E-state index in [9.17, 15) is 4.79 Å². The van der Waals surface area contributed by atoms with E-state index in [4.69, 9.17) is 4.74 Å².